The maximum absolute atomic E-state index is 12.6. The van der Waals surface area contributed by atoms with Crippen LogP contribution in [-0.2, 0) is 6.18 Å². The summed E-state index contributed by atoms with van der Waals surface area (Å²) in [6, 6.07) is 0.198. The van der Waals surface area contributed by atoms with Crippen LogP contribution in [0.2, 0.25) is 0 Å². The number of halogens is 7. The molecule has 0 aliphatic carbocycles. The summed E-state index contributed by atoms with van der Waals surface area (Å²) in [4.78, 5) is 0. The topological polar surface area (TPSA) is 0 Å². The van der Waals surface area contributed by atoms with E-state index in [1.807, 2.05) is 0 Å². The van der Waals surface area contributed by atoms with Crippen molar-refractivity contribution in [2.45, 2.75) is 6.18 Å². The van der Waals surface area contributed by atoms with Crippen molar-refractivity contribution in [1.82, 2.24) is 0 Å². The fourth-order valence-corrected chi connectivity index (χ4v) is 0.971. The second-order valence-corrected chi connectivity index (χ2v) is 2.81. The maximum Gasteiger partial charge on any atom is 0.512 e. The highest BCUT2D eigenvalue weighted by Crippen LogP contribution is 2.29. The molecule has 1 aromatic rings. The molecule has 0 amide bonds. The Balaban J connectivity index is 3.30. The molecule has 0 heterocycles. The van der Waals surface area contributed by atoms with Gasteiger partial charge in [-0.1, -0.05) is 11.5 Å². The predicted molar refractivity (Wildman–Crippen MR) is 40.1 cm³/mol. The predicted octanol–water partition coefficient (Wildman–Crippen LogP) is 2.90. The molecular weight excluding hydrogens is 228 g/mol. The van der Waals surface area contributed by atoms with Crippen LogP contribution in [0.5, 0.6) is 0 Å². The first-order valence-corrected chi connectivity index (χ1v) is 3.69. The summed E-state index contributed by atoms with van der Waals surface area (Å²) in [7, 11) is 0. The highest BCUT2D eigenvalue weighted by molar-refractivity contribution is 6.73. The highest BCUT2D eigenvalue weighted by atomic mass is 19.4. The molecule has 1 aromatic carbocycles. The van der Waals surface area contributed by atoms with Crippen LogP contribution in [0, 0.1) is 5.82 Å². The van der Waals surface area contributed by atoms with Gasteiger partial charge in [0.2, 0.25) is 0 Å². The van der Waals surface area contributed by atoms with E-state index in [0.29, 0.717) is 0 Å². The molecule has 0 N–H and O–H groups in total. The number of alkyl halides is 3. The Morgan fingerprint density at radius 2 is 1.53 bits per heavy atom. The van der Waals surface area contributed by atoms with Gasteiger partial charge in [-0.25, -0.2) is 4.39 Å². The molecule has 0 aliphatic rings. The molecule has 1 rings (SSSR count). The van der Waals surface area contributed by atoms with Gasteiger partial charge < -0.3 is 12.9 Å². The van der Waals surface area contributed by atoms with E-state index in [1.54, 1.807) is 0 Å². The number of hydrogen-bond donors (Lipinski definition) is 0. The van der Waals surface area contributed by atoms with Crippen LogP contribution in [0.1, 0.15) is 5.56 Å². The van der Waals surface area contributed by atoms with Gasteiger partial charge in [0, 0.05) is 0 Å². The lowest BCUT2D eigenvalue weighted by atomic mass is 9.79. The van der Waals surface area contributed by atoms with Crippen molar-refractivity contribution in [3.63, 3.8) is 0 Å². The lowest BCUT2D eigenvalue weighted by Crippen LogP contribution is -2.37. The van der Waals surface area contributed by atoms with E-state index in [-0.39, 0.29) is 18.2 Å². The minimum atomic E-state index is -5.78. The number of benzene rings is 1. The van der Waals surface area contributed by atoms with Crippen LogP contribution in [0.15, 0.2) is 18.2 Å². The van der Waals surface area contributed by atoms with Gasteiger partial charge in [0.05, 0.1) is 11.4 Å². The zero-order valence-corrected chi connectivity index (χ0v) is 6.96. The van der Waals surface area contributed by atoms with E-state index in [9.17, 15) is 30.5 Å². The summed E-state index contributed by atoms with van der Waals surface area (Å²) in [6.07, 6.45) is -4.91. The first-order chi connectivity index (χ1) is 6.62. The molecule has 0 bridgehead atoms. The molecule has 0 fully saturated rings. The van der Waals surface area contributed by atoms with Crippen molar-refractivity contribution in [2.24, 2.45) is 0 Å². The van der Waals surface area contributed by atoms with Gasteiger partial charge in [-0.05, 0) is 12.1 Å². The molecule has 0 radical (unpaired) electrons. The summed E-state index contributed by atoms with van der Waals surface area (Å²) >= 11 is 0. The highest BCUT2D eigenvalue weighted by Gasteiger charge is 2.35. The summed E-state index contributed by atoms with van der Waals surface area (Å²) in [6.45, 7) is -5.78. The van der Waals surface area contributed by atoms with E-state index in [0.717, 1.165) is 0 Å². The molecule has 0 aromatic heterocycles. The van der Waals surface area contributed by atoms with Crippen LogP contribution in [-0.4, -0.2) is 6.98 Å². The maximum atomic E-state index is 12.6. The van der Waals surface area contributed by atoms with Crippen molar-refractivity contribution in [3.8, 4) is 0 Å². The Hall–Kier alpha value is -1.21. The quantitative estimate of drug-likeness (QED) is 0.514. The standard InChI is InChI=1S/C7H3BF7/c9-6-2-1-4(7(10,11)12)3-5(6)8(13,14)15/h1-3H/q-1. The van der Waals surface area contributed by atoms with Crippen molar-refractivity contribution in [1.29, 1.82) is 0 Å². The smallest absolute Gasteiger partial charge is 0.445 e. The van der Waals surface area contributed by atoms with Gasteiger partial charge in [0.15, 0.2) is 0 Å². The van der Waals surface area contributed by atoms with Crippen molar-refractivity contribution in [3.05, 3.63) is 29.6 Å². The average Bonchev–Trinajstić information content (AvgIpc) is 2.00. The molecule has 0 nitrogen and oxygen atoms in total. The summed E-state index contributed by atoms with van der Waals surface area (Å²) in [5.41, 5.74) is -3.37. The van der Waals surface area contributed by atoms with Gasteiger partial charge in [-0.15, -0.1) is 0 Å². The minimum absolute atomic E-state index is 0.160. The lowest BCUT2D eigenvalue weighted by Gasteiger charge is -2.17. The van der Waals surface area contributed by atoms with Crippen LogP contribution in [0.25, 0.3) is 0 Å². The van der Waals surface area contributed by atoms with E-state index in [1.165, 1.54) is 0 Å². The monoisotopic (exact) mass is 231 g/mol. The zero-order valence-electron chi connectivity index (χ0n) is 6.96. The molecule has 8 heteroatoms. The van der Waals surface area contributed by atoms with Crippen LogP contribution in [0.3, 0.4) is 0 Å². The van der Waals surface area contributed by atoms with Crippen LogP contribution < -0.4 is 5.46 Å². The molecule has 0 unspecified atom stereocenters. The fraction of sp³-hybridized carbons (Fsp3) is 0.143. The van der Waals surface area contributed by atoms with Crippen LogP contribution >= 0.6 is 0 Å². The van der Waals surface area contributed by atoms with Gasteiger partial charge >= 0.3 is 13.2 Å². The Kier molecular flexibility index (Phi) is 2.71. The first-order valence-electron chi connectivity index (χ1n) is 3.69. The Morgan fingerprint density at radius 3 is 1.93 bits per heavy atom. The Morgan fingerprint density at radius 1 is 1.00 bits per heavy atom. The molecule has 0 aliphatic heterocycles. The summed E-state index contributed by atoms with van der Waals surface area (Å²) in [5.74, 6) is -1.70. The first kappa shape index (κ1) is 11.9. The average molecular weight is 231 g/mol. The van der Waals surface area contributed by atoms with Crippen LogP contribution in [0.4, 0.5) is 30.5 Å². The van der Waals surface area contributed by atoms with Gasteiger partial charge in [-0.2, -0.15) is 13.2 Å². The molecule has 0 saturated carbocycles. The van der Waals surface area contributed by atoms with Gasteiger partial charge in [0.1, 0.15) is 0 Å². The van der Waals surface area contributed by atoms with E-state index >= 15 is 0 Å². The van der Waals surface area contributed by atoms with Gasteiger partial charge in [-0.3, -0.25) is 0 Å². The SMILES string of the molecule is Fc1ccc(C(F)(F)F)cc1[B-](F)(F)F. The molecular formula is C7H3BF7-. The molecule has 15 heavy (non-hydrogen) atoms. The van der Waals surface area contributed by atoms with Crippen molar-refractivity contribution in [2.75, 3.05) is 0 Å². The number of rotatable bonds is 1. The van der Waals surface area contributed by atoms with E-state index in [4.69, 9.17) is 0 Å². The third-order valence-corrected chi connectivity index (χ3v) is 1.68. The van der Waals surface area contributed by atoms with Crippen molar-refractivity contribution < 1.29 is 30.5 Å². The third kappa shape index (κ3) is 2.63. The molecule has 0 saturated heterocycles. The van der Waals surface area contributed by atoms with E-state index < -0.39 is 30.0 Å². The third-order valence-electron chi connectivity index (χ3n) is 1.68. The summed E-state index contributed by atoms with van der Waals surface area (Å²) in [5, 5.41) is 0. The largest absolute Gasteiger partial charge is 0.512 e. The number of hydrogen-bond acceptors (Lipinski definition) is 0. The fourth-order valence-electron chi connectivity index (χ4n) is 0.971. The second-order valence-electron chi connectivity index (χ2n) is 2.81. The summed E-state index contributed by atoms with van der Waals surface area (Å²) < 4.78 is 84.8. The minimum Gasteiger partial charge on any atom is -0.445 e. The van der Waals surface area contributed by atoms with Gasteiger partial charge in [0.25, 0.3) is 0 Å². The second kappa shape index (κ2) is 3.43. The van der Waals surface area contributed by atoms with E-state index in [2.05, 4.69) is 0 Å². The molecule has 84 valence electrons. The lowest BCUT2D eigenvalue weighted by molar-refractivity contribution is -0.137. The molecule has 0 atom stereocenters. The molecule has 0 spiro atoms. The Labute approximate surface area is 79.8 Å². The normalized spacial score (nSPS) is 13.0. The Bertz CT molecular complexity index is 365. The van der Waals surface area contributed by atoms with Crippen molar-refractivity contribution >= 4 is 12.4 Å². The zero-order chi connectivity index (χ0) is 11.9.